The number of aliphatic hydroxyl groups is 1. The standard InChI is InChI=1S/C14H20N2OS.2ClH/c1-2-3-16-7-10(8-17)4-11-5-12-14(6-13(11)16)18-9-15-12;;/h4,9,11,13,17H,2-3,5-8H2,1H3;2*1H/t11-,13-;;/m0../s1. The summed E-state index contributed by atoms with van der Waals surface area (Å²) in [6.45, 7) is 4.51. The maximum absolute atomic E-state index is 9.41. The molecule has 1 aliphatic heterocycles. The third-order valence-electron chi connectivity index (χ3n) is 4.08. The van der Waals surface area contributed by atoms with Crippen LogP contribution < -0.4 is 0 Å². The van der Waals surface area contributed by atoms with Crippen molar-refractivity contribution in [1.29, 1.82) is 0 Å². The summed E-state index contributed by atoms with van der Waals surface area (Å²) in [6, 6.07) is 0.619. The van der Waals surface area contributed by atoms with Crippen molar-refractivity contribution in [1.82, 2.24) is 9.88 Å². The molecule has 6 heteroatoms. The molecule has 1 aromatic heterocycles. The fourth-order valence-electron chi connectivity index (χ4n) is 3.26. The number of aliphatic hydroxyl groups excluding tert-OH is 1. The molecule has 0 saturated carbocycles. The number of aromatic nitrogens is 1. The van der Waals surface area contributed by atoms with Crippen molar-refractivity contribution in [2.24, 2.45) is 5.92 Å². The smallest absolute Gasteiger partial charge is 0.0797 e. The molecule has 0 saturated heterocycles. The van der Waals surface area contributed by atoms with Crippen molar-refractivity contribution in [3.05, 3.63) is 27.7 Å². The lowest BCUT2D eigenvalue weighted by Gasteiger charge is -2.42. The van der Waals surface area contributed by atoms with E-state index in [9.17, 15) is 5.11 Å². The summed E-state index contributed by atoms with van der Waals surface area (Å²) in [6.07, 6.45) is 5.67. The van der Waals surface area contributed by atoms with Crippen LogP contribution in [0, 0.1) is 5.92 Å². The third-order valence-corrected chi connectivity index (χ3v) is 4.98. The van der Waals surface area contributed by atoms with Crippen molar-refractivity contribution in [2.45, 2.75) is 32.2 Å². The van der Waals surface area contributed by atoms with Crippen LogP contribution in [0.25, 0.3) is 0 Å². The zero-order valence-corrected chi connectivity index (χ0v) is 14.1. The molecule has 0 fully saturated rings. The van der Waals surface area contributed by atoms with E-state index in [2.05, 4.69) is 22.9 Å². The van der Waals surface area contributed by atoms with Gasteiger partial charge in [0.1, 0.15) is 0 Å². The Morgan fingerprint density at radius 3 is 2.90 bits per heavy atom. The molecule has 2 heterocycles. The van der Waals surface area contributed by atoms with E-state index < -0.39 is 0 Å². The molecule has 0 aromatic carbocycles. The molecule has 3 rings (SSSR count). The highest BCUT2D eigenvalue weighted by Crippen LogP contribution is 2.34. The van der Waals surface area contributed by atoms with E-state index in [1.54, 1.807) is 11.3 Å². The molecule has 3 nitrogen and oxygen atoms in total. The lowest BCUT2D eigenvalue weighted by Crippen LogP contribution is -2.48. The predicted molar refractivity (Wildman–Crippen MR) is 88.3 cm³/mol. The Hall–Kier alpha value is -0.130. The van der Waals surface area contributed by atoms with Crippen molar-refractivity contribution in [2.75, 3.05) is 19.7 Å². The Kier molecular flexibility index (Phi) is 6.95. The van der Waals surface area contributed by atoms with E-state index in [1.807, 2.05) is 5.51 Å². The monoisotopic (exact) mass is 336 g/mol. The maximum Gasteiger partial charge on any atom is 0.0797 e. The van der Waals surface area contributed by atoms with Gasteiger partial charge in [0.25, 0.3) is 0 Å². The number of thiazole rings is 1. The van der Waals surface area contributed by atoms with E-state index in [4.69, 9.17) is 0 Å². The topological polar surface area (TPSA) is 36.4 Å². The van der Waals surface area contributed by atoms with Gasteiger partial charge in [-0.3, -0.25) is 4.90 Å². The first-order valence-corrected chi connectivity index (χ1v) is 7.65. The second-order valence-corrected chi connectivity index (χ2v) is 6.25. The Morgan fingerprint density at radius 1 is 1.40 bits per heavy atom. The molecule has 20 heavy (non-hydrogen) atoms. The van der Waals surface area contributed by atoms with Crippen LogP contribution in [0.5, 0.6) is 0 Å². The highest BCUT2D eigenvalue weighted by atomic mass is 35.5. The minimum Gasteiger partial charge on any atom is -0.392 e. The lowest BCUT2D eigenvalue weighted by atomic mass is 9.81. The van der Waals surface area contributed by atoms with Gasteiger partial charge in [0.2, 0.25) is 0 Å². The van der Waals surface area contributed by atoms with E-state index >= 15 is 0 Å². The highest BCUT2D eigenvalue weighted by molar-refractivity contribution is 7.09. The Bertz CT molecular complexity index is 464. The van der Waals surface area contributed by atoms with Gasteiger partial charge in [0.15, 0.2) is 0 Å². The van der Waals surface area contributed by atoms with Crippen LogP contribution in [0.2, 0.25) is 0 Å². The van der Waals surface area contributed by atoms with Crippen LogP contribution in [0.15, 0.2) is 17.2 Å². The van der Waals surface area contributed by atoms with Crippen molar-refractivity contribution < 1.29 is 5.11 Å². The fourth-order valence-corrected chi connectivity index (χ4v) is 4.11. The van der Waals surface area contributed by atoms with Crippen LogP contribution in [0.1, 0.15) is 23.9 Å². The molecule has 1 aromatic rings. The molecule has 0 amide bonds. The Balaban J connectivity index is 0.000001000. The summed E-state index contributed by atoms with van der Waals surface area (Å²) in [7, 11) is 0. The lowest BCUT2D eigenvalue weighted by molar-refractivity contribution is 0.142. The Labute approximate surface area is 136 Å². The van der Waals surface area contributed by atoms with E-state index in [0.29, 0.717) is 12.0 Å². The van der Waals surface area contributed by atoms with E-state index in [-0.39, 0.29) is 31.4 Å². The SMILES string of the molecule is CCCN1CC(CO)=C[C@H]2Cc3ncsc3C[C@@H]21.Cl.Cl. The number of hydrogen-bond acceptors (Lipinski definition) is 4. The fraction of sp³-hybridized carbons (Fsp3) is 0.643. The van der Waals surface area contributed by atoms with Gasteiger partial charge in [0, 0.05) is 17.5 Å². The third kappa shape index (κ3) is 3.37. The van der Waals surface area contributed by atoms with Gasteiger partial charge in [-0.05, 0) is 37.3 Å². The first-order chi connectivity index (χ1) is 8.81. The quantitative estimate of drug-likeness (QED) is 0.862. The second-order valence-electron chi connectivity index (χ2n) is 5.32. The number of nitrogens with zero attached hydrogens (tertiary/aromatic N) is 2. The zero-order valence-electron chi connectivity index (χ0n) is 11.6. The van der Waals surface area contributed by atoms with Gasteiger partial charge in [-0.1, -0.05) is 13.0 Å². The Morgan fingerprint density at radius 2 is 2.20 bits per heavy atom. The average molecular weight is 337 g/mol. The summed E-state index contributed by atoms with van der Waals surface area (Å²) in [4.78, 5) is 8.50. The average Bonchev–Trinajstić information content (AvgIpc) is 2.83. The maximum atomic E-state index is 9.41. The van der Waals surface area contributed by atoms with E-state index in [1.165, 1.54) is 22.6 Å². The van der Waals surface area contributed by atoms with Crippen LogP contribution in [0.3, 0.4) is 0 Å². The first-order valence-electron chi connectivity index (χ1n) is 6.77. The first kappa shape index (κ1) is 17.9. The van der Waals surface area contributed by atoms with Crippen LogP contribution in [0.4, 0.5) is 0 Å². The molecular weight excluding hydrogens is 315 g/mol. The zero-order chi connectivity index (χ0) is 12.5. The highest BCUT2D eigenvalue weighted by Gasteiger charge is 2.35. The van der Waals surface area contributed by atoms with Crippen molar-refractivity contribution >= 4 is 36.2 Å². The van der Waals surface area contributed by atoms with Gasteiger partial charge in [-0.2, -0.15) is 0 Å². The molecule has 2 atom stereocenters. The second kappa shape index (κ2) is 7.76. The number of halogens is 2. The molecular formula is C14H22Cl2N2OS. The molecule has 0 radical (unpaired) electrons. The molecule has 1 aliphatic carbocycles. The summed E-state index contributed by atoms with van der Waals surface area (Å²) in [5.74, 6) is 0.544. The van der Waals surface area contributed by atoms with Gasteiger partial charge < -0.3 is 5.11 Å². The van der Waals surface area contributed by atoms with Crippen LogP contribution in [-0.2, 0) is 12.8 Å². The summed E-state index contributed by atoms with van der Waals surface area (Å²) in [5.41, 5.74) is 4.44. The van der Waals surface area contributed by atoms with Crippen LogP contribution >= 0.6 is 36.2 Å². The molecule has 114 valence electrons. The van der Waals surface area contributed by atoms with Gasteiger partial charge >= 0.3 is 0 Å². The minimum atomic E-state index is 0. The van der Waals surface area contributed by atoms with Gasteiger partial charge in [0.05, 0.1) is 17.8 Å². The predicted octanol–water partition coefficient (Wildman–Crippen LogP) is 2.71. The summed E-state index contributed by atoms with van der Waals surface area (Å²) in [5, 5.41) is 9.41. The van der Waals surface area contributed by atoms with Gasteiger partial charge in [-0.15, -0.1) is 36.2 Å². The molecule has 0 spiro atoms. The van der Waals surface area contributed by atoms with Gasteiger partial charge in [-0.25, -0.2) is 4.98 Å². The van der Waals surface area contributed by atoms with E-state index in [0.717, 1.165) is 25.9 Å². The summed E-state index contributed by atoms with van der Waals surface area (Å²) < 4.78 is 0. The molecule has 2 aliphatic rings. The number of rotatable bonds is 3. The van der Waals surface area contributed by atoms with Crippen molar-refractivity contribution in [3.63, 3.8) is 0 Å². The number of hydrogen-bond donors (Lipinski definition) is 1. The molecule has 0 unspecified atom stereocenters. The largest absolute Gasteiger partial charge is 0.392 e. The minimum absolute atomic E-state index is 0. The number of fused-ring (bicyclic) bond motifs is 2. The normalized spacial score (nSPS) is 24.8. The van der Waals surface area contributed by atoms with Crippen LogP contribution in [-0.4, -0.2) is 40.7 Å². The molecule has 1 N–H and O–H groups in total. The molecule has 0 bridgehead atoms. The summed E-state index contributed by atoms with van der Waals surface area (Å²) >= 11 is 1.80. The van der Waals surface area contributed by atoms with Crippen molar-refractivity contribution in [3.8, 4) is 0 Å².